The summed E-state index contributed by atoms with van der Waals surface area (Å²) in [5, 5.41) is 3.30. The van der Waals surface area contributed by atoms with Crippen LogP contribution in [0.25, 0.3) is 44.3 Å². The molecule has 3 aromatic carbocycles. The Kier molecular flexibility index (Phi) is 5.68. The molecule has 5 aromatic rings. The second-order valence-corrected chi connectivity index (χ2v) is 16.1. The highest BCUT2D eigenvalue weighted by molar-refractivity contribution is 6.88. The van der Waals surface area contributed by atoms with E-state index in [1.54, 1.807) is 6.07 Å². The third-order valence-electron chi connectivity index (χ3n) is 7.10. The summed E-state index contributed by atoms with van der Waals surface area (Å²) in [4.78, 5) is 0. The molecule has 0 spiro atoms. The zero-order chi connectivity index (χ0) is 25.1. The van der Waals surface area contributed by atoms with Crippen LogP contribution in [0.2, 0.25) is 19.6 Å². The van der Waals surface area contributed by atoms with Crippen molar-refractivity contribution in [2.24, 2.45) is 7.05 Å². The number of pyridine rings is 1. The van der Waals surface area contributed by atoms with E-state index >= 15 is 4.39 Å². The third kappa shape index (κ3) is 4.00. The third-order valence-corrected chi connectivity index (χ3v) is 9.17. The summed E-state index contributed by atoms with van der Waals surface area (Å²) in [5.74, 6) is 0.160. The van der Waals surface area contributed by atoms with Gasteiger partial charge in [-0.1, -0.05) is 75.1 Å². The smallest absolute Gasteiger partial charge is 0.216 e. The Labute approximate surface area is 208 Å². The van der Waals surface area contributed by atoms with Crippen molar-refractivity contribution in [1.82, 2.24) is 0 Å². The van der Waals surface area contributed by atoms with Crippen LogP contribution in [0.5, 0.6) is 0 Å². The quantitative estimate of drug-likeness (QED) is 0.188. The molecule has 0 atom stereocenters. The molecule has 0 unspecified atom stereocenters. The molecule has 0 aliphatic rings. The molecule has 0 bridgehead atoms. The van der Waals surface area contributed by atoms with Gasteiger partial charge < -0.3 is 4.42 Å². The van der Waals surface area contributed by atoms with Crippen molar-refractivity contribution < 1.29 is 13.4 Å². The van der Waals surface area contributed by atoms with Crippen molar-refractivity contribution in [2.45, 2.75) is 46.3 Å². The van der Waals surface area contributed by atoms with Gasteiger partial charge in [0.1, 0.15) is 24.0 Å². The lowest BCUT2D eigenvalue weighted by Gasteiger charge is -2.17. The molecule has 0 aliphatic carbocycles. The van der Waals surface area contributed by atoms with Crippen LogP contribution >= 0.6 is 0 Å². The molecule has 4 heteroatoms. The molecule has 5 rings (SSSR count). The minimum absolute atomic E-state index is 0.261. The fourth-order valence-corrected chi connectivity index (χ4v) is 6.06. The maximum absolute atomic E-state index is 15.3. The maximum atomic E-state index is 15.3. The topological polar surface area (TPSA) is 17.0 Å². The Balaban J connectivity index is 1.80. The van der Waals surface area contributed by atoms with Gasteiger partial charge in [0.15, 0.2) is 6.20 Å². The first kappa shape index (κ1) is 23.5. The zero-order valence-electron chi connectivity index (χ0n) is 21.7. The minimum atomic E-state index is -1.44. The molecule has 0 amide bonds. The molecule has 2 aromatic heterocycles. The van der Waals surface area contributed by atoms with Crippen LogP contribution in [0.1, 0.15) is 30.9 Å². The molecular weight excluding hydrogens is 449 g/mol. The van der Waals surface area contributed by atoms with E-state index in [1.807, 2.05) is 18.2 Å². The standard InChI is InChI=1S/C31H33FNOSi/c1-19(2)22-16-17-33(4)27(18-22)28-20(3)8-13-24-25-14-15-26(32)29(31(25)34-30(24)28)21-9-11-23(12-10-21)35(5,6)7/h8-19H,1-7H3/q+1. The lowest BCUT2D eigenvalue weighted by Crippen LogP contribution is -2.37. The Morgan fingerprint density at radius 3 is 2.09 bits per heavy atom. The molecule has 0 radical (unpaired) electrons. The average Bonchev–Trinajstić information content (AvgIpc) is 3.17. The van der Waals surface area contributed by atoms with Crippen molar-refractivity contribution >= 4 is 35.2 Å². The van der Waals surface area contributed by atoms with Crippen LogP contribution in [-0.4, -0.2) is 8.07 Å². The molecule has 2 heterocycles. The first-order chi connectivity index (χ1) is 16.6. The summed E-state index contributed by atoms with van der Waals surface area (Å²) < 4.78 is 24.1. The molecule has 178 valence electrons. The van der Waals surface area contributed by atoms with Gasteiger partial charge in [-0.25, -0.2) is 8.96 Å². The number of aryl methyl sites for hydroxylation is 2. The van der Waals surface area contributed by atoms with E-state index < -0.39 is 8.07 Å². The van der Waals surface area contributed by atoms with E-state index in [0.717, 1.165) is 38.7 Å². The van der Waals surface area contributed by atoms with Gasteiger partial charge in [0, 0.05) is 22.9 Å². The van der Waals surface area contributed by atoms with E-state index in [1.165, 1.54) is 10.8 Å². The van der Waals surface area contributed by atoms with Gasteiger partial charge in [-0.15, -0.1) is 0 Å². The number of hydrogen-bond acceptors (Lipinski definition) is 1. The Hall–Kier alpha value is -3.24. The highest BCUT2D eigenvalue weighted by Gasteiger charge is 2.24. The van der Waals surface area contributed by atoms with Crippen molar-refractivity contribution in [3.05, 3.63) is 83.8 Å². The normalized spacial score (nSPS) is 12.3. The number of rotatable bonds is 4. The largest absolute Gasteiger partial charge is 0.454 e. The molecule has 0 saturated heterocycles. The zero-order valence-corrected chi connectivity index (χ0v) is 22.7. The van der Waals surface area contributed by atoms with Crippen LogP contribution in [0.3, 0.4) is 0 Å². The van der Waals surface area contributed by atoms with Gasteiger partial charge in [0.05, 0.1) is 19.2 Å². The number of fused-ring (bicyclic) bond motifs is 3. The highest BCUT2D eigenvalue weighted by Crippen LogP contribution is 2.41. The Morgan fingerprint density at radius 1 is 0.829 bits per heavy atom. The van der Waals surface area contributed by atoms with Crippen molar-refractivity contribution in [3.63, 3.8) is 0 Å². The average molecular weight is 483 g/mol. The summed E-state index contributed by atoms with van der Waals surface area (Å²) in [7, 11) is 0.621. The maximum Gasteiger partial charge on any atom is 0.216 e. The number of furan rings is 1. The fraction of sp³-hybridized carbons (Fsp3) is 0.258. The van der Waals surface area contributed by atoms with E-state index in [9.17, 15) is 0 Å². The summed E-state index contributed by atoms with van der Waals surface area (Å²) in [6, 6.07) is 20.4. The van der Waals surface area contributed by atoms with Gasteiger partial charge in [-0.2, -0.15) is 0 Å². The fourth-order valence-electron chi connectivity index (χ4n) is 4.90. The molecule has 35 heavy (non-hydrogen) atoms. The predicted molar refractivity (Wildman–Crippen MR) is 148 cm³/mol. The lowest BCUT2D eigenvalue weighted by molar-refractivity contribution is -0.660. The summed E-state index contributed by atoms with van der Waals surface area (Å²) in [6.07, 6.45) is 2.11. The molecule has 2 nitrogen and oxygen atoms in total. The van der Waals surface area contributed by atoms with E-state index in [0.29, 0.717) is 17.1 Å². The van der Waals surface area contributed by atoms with Crippen molar-refractivity contribution in [1.29, 1.82) is 0 Å². The summed E-state index contributed by atoms with van der Waals surface area (Å²) in [6.45, 7) is 13.5. The number of hydrogen-bond donors (Lipinski definition) is 0. The Bertz CT molecular complexity index is 1570. The van der Waals surface area contributed by atoms with Gasteiger partial charge in [0.25, 0.3) is 0 Å². The van der Waals surface area contributed by atoms with E-state index in [4.69, 9.17) is 4.42 Å². The van der Waals surface area contributed by atoms with Gasteiger partial charge in [-0.3, -0.25) is 0 Å². The van der Waals surface area contributed by atoms with Crippen LogP contribution in [0, 0.1) is 12.7 Å². The lowest BCUT2D eigenvalue weighted by atomic mass is 9.96. The van der Waals surface area contributed by atoms with Gasteiger partial charge >= 0.3 is 0 Å². The number of aromatic nitrogens is 1. The second kappa shape index (κ2) is 8.45. The number of halogens is 1. The van der Waals surface area contributed by atoms with E-state index in [-0.39, 0.29) is 5.82 Å². The second-order valence-electron chi connectivity index (χ2n) is 11.0. The molecule has 0 N–H and O–H groups in total. The monoisotopic (exact) mass is 482 g/mol. The highest BCUT2D eigenvalue weighted by atomic mass is 28.3. The van der Waals surface area contributed by atoms with Crippen LogP contribution in [0.15, 0.2) is 71.3 Å². The molecule has 0 fully saturated rings. The van der Waals surface area contributed by atoms with Crippen LogP contribution < -0.4 is 9.75 Å². The first-order valence-electron chi connectivity index (χ1n) is 12.3. The minimum Gasteiger partial charge on any atom is -0.454 e. The van der Waals surface area contributed by atoms with Crippen LogP contribution in [0.4, 0.5) is 4.39 Å². The van der Waals surface area contributed by atoms with Crippen molar-refractivity contribution in [3.8, 4) is 22.4 Å². The van der Waals surface area contributed by atoms with Gasteiger partial charge in [-0.05, 0) is 41.7 Å². The van der Waals surface area contributed by atoms with Crippen molar-refractivity contribution in [2.75, 3.05) is 0 Å². The predicted octanol–water partition coefficient (Wildman–Crippen LogP) is 7.86. The van der Waals surface area contributed by atoms with E-state index in [2.05, 4.69) is 94.6 Å². The van der Waals surface area contributed by atoms with Crippen LogP contribution in [-0.2, 0) is 7.05 Å². The Morgan fingerprint density at radius 2 is 1.46 bits per heavy atom. The first-order valence-corrected chi connectivity index (χ1v) is 15.8. The SMILES string of the molecule is Cc1ccc2c(oc3c(-c4ccc([Si](C)(C)C)cc4)c(F)ccc32)c1-c1cc(C(C)C)cc[n+]1C. The number of benzene rings is 3. The number of nitrogens with zero attached hydrogens (tertiary/aromatic N) is 1. The molecule has 0 aliphatic heterocycles. The summed E-state index contributed by atoms with van der Waals surface area (Å²) in [5.41, 5.74) is 7.36. The molecular formula is C31H33FNOSi+. The molecule has 0 saturated carbocycles. The summed E-state index contributed by atoms with van der Waals surface area (Å²) >= 11 is 0. The van der Waals surface area contributed by atoms with Gasteiger partial charge in [0.2, 0.25) is 5.69 Å².